The third-order valence-corrected chi connectivity index (χ3v) is 4.09. The van der Waals surface area contributed by atoms with Crippen molar-refractivity contribution in [2.45, 2.75) is 33.2 Å². The van der Waals surface area contributed by atoms with Crippen molar-refractivity contribution in [2.24, 2.45) is 0 Å². The lowest BCUT2D eigenvalue weighted by molar-refractivity contribution is 0.574. The molecule has 1 aromatic heterocycles. The van der Waals surface area contributed by atoms with E-state index in [1.807, 2.05) is 13.8 Å². The van der Waals surface area contributed by atoms with Gasteiger partial charge in [0.1, 0.15) is 0 Å². The third-order valence-electron chi connectivity index (χ3n) is 2.68. The first kappa shape index (κ1) is 15.1. The summed E-state index contributed by atoms with van der Waals surface area (Å²) < 4.78 is 26.0. The van der Waals surface area contributed by atoms with E-state index in [0.29, 0.717) is 13.0 Å². The topological polar surface area (TPSA) is 86.9 Å². The second-order valence-corrected chi connectivity index (χ2v) is 6.15. The van der Waals surface area contributed by atoms with Crippen LogP contribution in [0.25, 0.3) is 0 Å². The van der Waals surface area contributed by atoms with E-state index in [2.05, 4.69) is 20.2 Å². The van der Waals surface area contributed by atoms with E-state index in [4.69, 9.17) is 0 Å². The van der Waals surface area contributed by atoms with Gasteiger partial charge in [-0.1, -0.05) is 6.92 Å². The van der Waals surface area contributed by atoms with Crippen molar-refractivity contribution >= 4 is 10.0 Å². The Labute approximate surface area is 109 Å². The van der Waals surface area contributed by atoms with E-state index in [0.717, 1.165) is 30.8 Å². The molecule has 0 spiro atoms. The number of unbranched alkanes of at least 4 members (excludes halogenated alkanes) is 1. The van der Waals surface area contributed by atoms with Crippen LogP contribution in [-0.2, 0) is 16.6 Å². The number of hydrogen-bond donors (Lipinski definition) is 3. The smallest absolute Gasteiger partial charge is 0.211 e. The van der Waals surface area contributed by atoms with E-state index in [-0.39, 0.29) is 5.75 Å². The van der Waals surface area contributed by atoms with Crippen molar-refractivity contribution in [1.82, 2.24) is 20.2 Å². The maximum atomic E-state index is 11.7. The van der Waals surface area contributed by atoms with Gasteiger partial charge >= 0.3 is 0 Å². The molecule has 0 aliphatic carbocycles. The van der Waals surface area contributed by atoms with Crippen LogP contribution in [0.4, 0.5) is 0 Å². The molecule has 0 atom stereocenters. The summed E-state index contributed by atoms with van der Waals surface area (Å²) in [6.07, 6.45) is 3.19. The molecule has 0 saturated carbocycles. The molecule has 18 heavy (non-hydrogen) atoms. The average Bonchev–Trinajstić information content (AvgIpc) is 2.72. The Morgan fingerprint density at radius 2 is 2.17 bits per heavy atom. The van der Waals surface area contributed by atoms with Gasteiger partial charge in [0.25, 0.3) is 0 Å². The number of aromatic nitrogens is 2. The predicted octanol–water partition coefficient (Wildman–Crippen LogP) is 0.527. The SMILES string of the molecule is CCNCCCCS(=O)(=O)NCc1cn[nH]c1C. The fourth-order valence-corrected chi connectivity index (χ4v) is 2.64. The van der Waals surface area contributed by atoms with Crippen molar-refractivity contribution in [3.63, 3.8) is 0 Å². The summed E-state index contributed by atoms with van der Waals surface area (Å²) in [5.41, 5.74) is 1.77. The van der Waals surface area contributed by atoms with Gasteiger partial charge in [-0.05, 0) is 32.9 Å². The Hall–Kier alpha value is -0.920. The molecule has 0 amide bonds. The average molecular weight is 274 g/mol. The summed E-state index contributed by atoms with van der Waals surface area (Å²) in [6.45, 7) is 5.99. The van der Waals surface area contributed by atoms with Crippen LogP contribution in [-0.4, -0.2) is 37.5 Å². The quantitative estimate of drug-likeness (QED) is 0.573. The van der Waals surface area contributed by atoms with Crippen LogP contribution in [0, 0.1) is 6.92 Å². The summed E-state index contributed by atoms with van der Waals surface area (Å²) in [5, 5.41) is 9.80. The molecule has 1 rings (SSSR count). The number of hydrogen-bond acceptors (Lipinski definition) is 4. The summed E-state index contributed by atoms with van der Waals surface area (Å²) in [5.74, 6) is 0.176. The highest BCUT2D eigenvalue weighted by atomic mass is 32.2. The van der Waals surface area contributed by atoms with Crippen LogP contribution in [0.15, 0.2) is 6.20 Å². The minimum absolute atomic E-state index is 0.176. The lowest BCUT2D eigenvalue weighted by atomic mass is 10.3. The van der Waals surface area contributed by atoms with Crippen LogP contribution in [0.5, 0.6) is 0 Å². The number of H-pyrrole nitrogens is 1. The van der Waals surface area contributed by atoms with Gasteiger partial charge in [0.15, 0.2) is 0 Å². The van der Waals surface area contributed by atoms with Crippen LogP contribution in [0.3, 0.4) is 0 Å². The largest absolute Gasteiger partial charge is 0.317 e. The first-order valence-electron chi connectivity index (χ1n) is 6.22. The number of nitrogens with zero attached hydrogens (tertiary/aromatic N) is 1. The number of aryl methyl sites for hydroxylation is 1. The monoisotopic (exact) mass is 274 g/mol. The van der Waals surface area contributed by atoms with E-state index < -0.39 is 10.0 Å². The molecule has 0 aliphatic rings. The Bertz CT molecular complexity index is 442. The number of nitrogens with one attached hydrogen (secondary N) is 3. The molecule has 0 aromatic carbocycles. The summed E-state index contributed by atoms with van der Waals surface area (Å²) in [6, 6.07) is 0. The highest BCUT2D eigenvalue weighted by molar-refractivity contribution is 7.89. The van der Waals surface area contributed by atoms with Crippen molar-refractivity contribution in [1.29, 1.82) is 0 Å². The van der Waals surface area contributed by atoms with Gasteiger partial charge in [-0.3, -0.25) is 5.10 Å². The number of rotatable bonds is 9. The van der Waals surface area contributed by atoms with E-state index in [1.54, 1.807) is 6.20 Å². The highest BCUT2D eigenvalue weighted by Crippen LogP contribution is 2.03. The Balaban J connectivity index is 2.25. The summed E-state index contributed by atoms with van der Waals surface area (Å²) in [7, 11) is -3.18. The van der Waals surface area contributed by atoms with E-state index in [1.165, 1.54) is 0 Å². The molecular formula is C11H22N4O2S. The zero-order valence-electron chi connectivity index (χ0n) is 11.0. The van der Waals surface area contributed by atoms with Crippen LogP contribution in [0.2, 0.25) is 0 Å². The molecule has 0 saturated heterocycles. The van der Waals surface area contributed by atoms with Gasteiger partial charge in [-0.2, -0.15) is 5.10 Å². The standard InChI is InChI=1S/C11H22N4O2S/c1-3-12-6-4-5-7-18(16,17)14-9-11-8-13-15-10(11)2/h8,12,14H,3-7,9H2,1-2H3,(H,13,15). The minimum atomic E-state index is -3.18. The molecule has 7 heteroatoms. The summed E-state index contributed by atoms with van der Waals surface area (Å²) >= 11 is 0. The zero-order chi connectivity index (χ0) is 13.4. The van der Waals surface area contributed by atoms with E-state index in [9.17, 15) is 8.42 Å². The molecule has 0 bridgehead atoms. The maximum Gasteiger partial charge on any atom is 0.211 e. The van der Waals surface area contributed by atoms with Gasteiger partial charge in [0.2, 0.25) is 10.0 Å². The maximum absolute atomic E-state index is 11.7. The fourth-order valence-electron chi connectivity index (χ4n) is 1.53. The van der Waals surface area contributed by atoms with Gasteiger partial charge in [0, 0.05) is 17.8 Å². The van der Waals surface area contributed by atoms with Crippen LogP contribution < -0.4 is 10.0 Å². The van der Waals surface area contributed by atoms with Crippen molar-refractivity contribution in [3.05, 3.63) is 17.5 Å². The normalized spacial score (nSPS) is 11.9. The Kier molecular flexibility index (Phi) is 6.31. The first-order chi connectivity index (χ1) is 8.55. The molecule has 6 nitrogen and oxygen atoms in total. The molecular weight excluding hydrogens is 252 g/mol. The van der Waals surface area contributed by atoms with Crippen molar-refractivity contribution < 1.29 is 8.42 Å². The zero-order valence-corrected chi connectivity index (χ0v) is 11.8. The summed E-state index contributed by atoms with van der Waals surface area (Å²) in [4.78, 5) is 0. The lowest BCUT2D eigenvalue weighted by Crippen LogP contribution is -2.26. The van der Waals surface area contributed by atoms with Gasteiger partial charge in [0.05, 0.1) is 11.9 Å². The molecule has 1 aromatic rings. The Morgan fingerprint density at radius 3 is 2.78 bits per heavy atom. The molecule has 0 radical (unpaired) electrons. The number of sulfonamides is 1. The molecule has 1 heterocycles. The minimum Gasteiger partial charge on any atom is -0.317 e. The fraction of sp³-hybridized carbons (Fsp3) is 0.727. The van der Waals surface area contributed by atoms with Crippen LogP contribution >= 0.6 is 0 Å². The third kappa shape index (κ3) is 5.61. The number of aromatic amines is 1. The van der Waals surface area contributed by atoms with Crippen molar-refractivity contribution in [3.8, 4) is 0 Å². The molecule has 3 N–H and O–H groups in total. The molecule has 0 unspecified atom stereocenters. The van der Waals surface area contributed by atoms with Crippen molar-refractivity contribution in [2.75, 3.05) is 18.8 Å². The second kappa shape index (κ2) is 7.50. The molecule has 104 valence electrons. The molecule has 0 fully saturated rings. The Morgan fingerprint density at radius 1 is 1.39 bits per heavy atom. The second-order valence-electron chi connectivity index (χ2n) is 4.22. The van der Waals surface area contributed by atoms with Gasteiger partial charge < -0.3 is 5.32 Å². The van der Waals surface area contributed by atoms with Gasteiger partial charge in [-0.25, -0.2) is 13.1 Å². The molecule has 0 aliphatic heterocycles. The van der Waals surface area contributed by atoms with E-state index >= 15 is 0 Å². The lowest BCUT2D eigenvalue weighted by Gasteiger charge is -2.06. The highest BCUT2D eigenvalue weighted by Gasteiger charge is 2.10. The predicted molar refractivity (Wildman–Crippen MR) is 71.7 cm³/mol. The van der Waals surface area contributed by atoms with Gasteiger partial charge in [-0.15, -0.1) is 0 Å². The van der Waals surface area contributed by atoms with Crippen LogP contribution in [0.1, 0.15) is 31.0 Å². The first-order valence-corrected chi connectivity index (χ1v) is 7.87.